The molecule has 0 spiro atoms. The predicted molar refractivity (Wildman–Crippen MR) is 79.1 cm³/mol. The van der Waals surface area contributed by atoms with Crippen LogP contribution in [-0.4, -0.2) is 7.11 Å². The predicted octanol–water partition coefficient (Wildman–Crippen LogP) is 3.92. The molecule has 0 fully saturated rings. The Morgan fingerprint density at radius 2 is 1.85 bits per heavy atom. The lowest BCUT2D eigenvalue weighted by Crippen LogP contribution is -2.14. The minimum Gasteiger partial charge on any atom is -0.380 e. The van der Waals surface area contributed by atoms with Crippen LogP contribution in [0.25, 0.3) is 0 Å². The maximum atomic E-state index is 13.3. The van der Waals surface area contributed by atoms with Crippen molar-refractivity contribution in [3.63, 3.8) is 0 Å². The van der Waals surface area contributed by atoms with Crippen LogP contribution in [0.15, 0.2) is 42.5 Å². The van der Waals surface area contributed by atoms with Crippen molar-refractivity contribution in [3.05, 3.63) is 70.0 Å². The summed E-state index contributed by atoms with van der Waals surface area (Å²) in [6.07, 6.45) is 0. The van der Waals surface area contributed by atoms with E-state index in [9.17, 15) is 4.39 Å². The average Bonchev–Trinajstić information content (AvgIpc) is 2.45. The quantitative estimate of drug-likeness (QED) is 0.872. The second-order valence-electron chi connectivity index (χ2n) is 4.55. The van der Waals surface area contributed by atoms with Crippen LogP contribution < -0.4 is 5.32 Å². The molecule has 0 amide bonds. The lowest BCUT2D eigenvalue weighted by atomic mass is 10.1. The number of halogens is 2. The van der Waals surface area contributed by atoms with Crippen molar-refractivity contribution in [2.75, 3.05) is 7.11 Å². The molecule has 2 rings (SSSR count). The van der Waals surface area contributed by atoms with Crippen molar-refractivity contribution < 1.29 is 9.13 Å². The van der Waals surface area contributed by atoms with Gasteiger partial charge in [0, 0.05) is 20.2 Å². The Balaban J connectivity index is 1.94. The monoisotopic (exact) mass is 293 g/mol. The highest BCUT2D eigenvalue weighted by molar-refractivity contribution is 6.30. The molecule has 106 valence electrons. The highest BCUT2D eigenvalue weighted by Gasteiger charge is 2.03. The summed E-state index contributed by atoms with van der Waals surface area (Å²) in [6, 6.07) is 12.9. The molecule has 0 saturated carbocycles. The molecule has 0 unspecified atom stereocenters. The van der Waals surface area contributed by atoms with Crippen molar-refractivity contribution in [1.82, 2.24) is 5.32 Å². The fourth-order valence-electron chi connectivity index (χ4n) is 2.02. The second-order valence-corrected chi connectivity index (χ2v) is 4.96. The molecule has 0 atom stereocenters. The molecule has 0 aromatic heterocycles. The van der Waals surface area contributed by atoms with E-state index in [1.807, 2.05) is 24.3 Å². The number of methoxy groups -OCH3 is 1. The van der Waals surface area contributed by atoms with Crippen LogP contribution in [0.5, 0.6) is 0 Å². The van der Waals surface area contributed by atoms with Gasteiger partial charge in [-0.1, -0.05) is 41.9 Å². The number of rotatable bonds is 6. The average molecular weight is 294 g/mol. The van der Waals surface area contributed by atoms with Gasteiger partial charge in [-0.05, 0) is 28.8 Å². The number of nitrogens with one attached hydrogen (secondary N) is 1. The fourth-order valence-corrected chi connectivity index (χ4v) is 2.13. The molecule has 0 heterocycles. The number of hydrogen-bond acceptors (Lipinski definition) is 2. The third-order valence-corrected chi connectivity index (χ3v) is 3.35. The van der Waals surface area contributed by atoms with Gasteiger partial charge in [0.05, 0.1) is 11.6 Å². The van der Waals surface area contributed by atoms with E-state index in [2.05, 4.69) is 11.4 Å². The van der Waals surface area contributed by atoms with Gasteiger partial charge >= 0.3 is 0 Å². The molecule has 2 nitrogen and oxygen atoms in total. The Hall–Kier alpha value is -1.42. The zero-order valence-electron chi connectivity index (χ0n) is 11.3. The first-order valence-electron chi connectivity index (χ1n) is 6.41. The maximum Gasteiger partial charge on any atom is 0.142 e. The number of ether oxygens (including phenoxy) is 1. The zero-order chi connectivity index (χ0) is 14.4. The van der Waals surface area contributed by atoms with Gasteiger partial charge in [-0.2, -0.15) is 0 Å². The van der Waals surface area contributed by atoms with E-state index in [-0.39, 0.29) is 10.8 Å². The van der Waals surface area contributed by atoms with Gasteiger partial charge in [-0.3, -0.25) is 0 Å². The van der Waals surface area contributed by atoms with Crippen LogP contribution in [-0.2, 0) is 24.4 Å². The van der Waals surface area contributed by atoms with Crippen molar-refractivity contribution >= 4 is 11.6 Å². The van der Waals surface area contributed by atoms with Crippen molar-refractivity contribution in [2.24, 2.45) is 0 Å². The van der Waals surface area contributed by atoms with Crippen molar-refractivity contribution in [2.45, 2.75) is 19.7 Å². The number of hydrogen-bond donors (Lipinski definition) is 1. The Kier molecular flexibility index (Phi) is 5.53. The molecule has 0 aliphatic rings. The van der Waals surface area contributed by atoms with E-state index in [1.165, 1.54) is 11.6 Å². The number of benzene rings is 2. The van der Waals surface area contributed by atoms with E-state index in [1.54, 1.807) is 13.2 Å². The zero-order valence-corrected chi connectivity index (χ0v) is 12.1. The van der Waals surface area contributed by atoms with E-state index in [0.29, 0.717) is 19.7 Å². The van der Waals surface area contributed by atoms with Gasteiger partial charge < -0.3 is 10.1 Å². The minimum absolute atomic E-state index is 0.152. The summed E-state index contributed by atoms with van der Waals surface area (Å²) >= 11 is 5.66. The molecular weight excluding hydrogens is 277 g/mol. The summed E-state index contributed by atoms with van der Waals surface area (Å²) in [4.78, 5) is 0. The van der Waals surface area contributed by atoms with Crippen molar-refractivity contribution in [1.29, 1.82) is 0 Å². The maximum absolute atomic E-state index is 13.3. The second kappa shape index (κ2) is 7.39. The van der Waals surface area contributed by atoms with Gasteiger partial charge in [0.2, 0.25) is 0 Å². The van der Waals surface area contributed by atoms with Gasteiger partial charge in [-0.25, -0.2) is 4.39 Å². The molecule has 20 heavy (non-hydrogen) atoms. The standard InChI is InChI=1S/C16H17ClFNO/c1-20-11-14-5-3-2-4-13(14)10-19-9-12-6-7-15(17)16(18)8-12/h2-8,19H,9-11H2,1H3. The minimum atomic E-state index is -0.384. The third-order valence-electron chi connectivity index (χ3n) is 3.05. The van der Waals surface area contributed by atoms with Crippen LogP contribution in [0.3, 0.4) is 0 Å². The summed E-state index contributed by atoms with van der Waals surface area (Å²) in [5.41, 5.74) is 3.21. The van der Waals surface area contributed by atoms with Crippen LogP contribution in [0, 0.1) is 5.82 Å². The Labute approximate surface area is 123 Å². The van der Waals surface area contributed by atoms with E-state index >= 15 is 0 Å². The van der Waals surface area contributed by atoms with E-state index in [4.69, 9.17) is 16.3 Å². The Morgan fingerprint density at radius 3 is 2.55 bits per heavy atom. The SMILES string of the molecule is COCc1ccccc1CNCc1ccc(Cl)c(F)c1. The van der Waals surface area contributed by atoms with Crippen molar-refractivity contribution in [3.8, 4) is 0 Å². The summed E-state index contributed by atoms with van der Waals surface area (Å²) in [5.74, 6) is -0.384. The normalized spacial score (nSPS) is 10.8. The highest BCUT2D eigenvalue weighted by atomic mass is 35.5. The molecule has 0 saturated heterocycles. The first kappa shape index (κ1) is 15.0. The first-order valence-corrected chi connectivity index (χ1v) is 6.79. The molecule has 2 aromatic rings. The first-order chi connectivity index (χ1) is 9.70. The Bertz CT molecular complexity index is 574. The lowest BCUT2D eigenvalue weighted by molar-refractivity contribution is 0.184. The molecule has 0 aliphatic heterocycles. The van der Waals surface area contributed by atoms with Gasteiger partial charge in [-0.15, -0.1) is 0 Å². The van der Waals surface area contributed by atoms with Crippen LogP contribution >= 0.6 is 11.6 Å². The van der Waals surface area contributed by atoms with Crippen LogP contribution in [0.4, 0.5) is 4.39 Å². The van der Waals surface area contributed by atoms with Gasteiger partial charge in [0.25, 0.3) is 0 Å². The van der Waals surface area contributed by atoms with Gasteiger partial charge in [0.1, 0.15) is 5.82 Å². The molecule has 0 bridgehead atoms. The fraction of sp³-hybridized carbons (Fsp3) is 0.250. The molecule has 1 N–H and O–H groups in total. The molecule has 0 aliphatic carbocycles. The largest absolute Gasteiger partial charge is 0.380 e. The van der Waals surface area contributed by atoms with Gasteiger partial charge in [0.15, 0.2) is 0 Å². The lowest BCUT2D eigenvalue weighted by Gasteiger charge is -2.10. The van der Waals surface area contributed by atoms with Crippen LogP contribution in [0.2, 0.25) is 5.02 Å². The molecule has 0 radical (unpaired) electrons. The Morgan fingerprint density at radius 1 is 1.10 bits per heavy atom. The van der Waals surface area contributed by atoms with E-state index in [0.717, 1.165) is 11.1 Å². The topological polar surface area (TPSA) is 21.3 Å². The van der Waals surface area contributed by atoms with Crippen LogP contribution in [0.1, 0.15) is 16.7 Å². The highest BCUT2D eigenvalue weighted by Crippen LogP contribution is 2.16. The third kappa shape index (κ3) is 4.04. The summed E-state index contributed by atoms with van der Waals surface area (Å²) in [7, 11) is 1.68. The van der Waals surface area contributed by atoms with E-state index < -0.39 is 0 Å². The summed E-state index contributed by atoms with van der Waals surface area (Å²) in [5, 5.41) is 3.45. The summed E-state index contributed by atoms with van der Waals surface area (Å²) < 4.78 is 18.5. The molecule has 2 aromatic carbocycles. The smallest absolute Gasteiger partial charge is 0.142 e. The molecule has 4 heteroatoms. The summed E-state index contributed by atoms with van der Waals surface area (Å²) in [6.45, 7) is 1.90. The molecular formula is C16H17ClFNO.